The fourth-order valence-electron chi connectivity index (χ4n) is 2.57. The maximum absolute atomic E-state index is 13.6. The smallest absolute Gasteiger partial charge is 0.165 e. The van der Waals surface area contributed by atoms with Crippen molar-refractivity contribution in [1.29, 1.82) is 0 Å². The van der Waals surface area contributed by atoms with Crippen molar-refractivity contribution in [3.05, 3.63) is 29.6 Å². The van der Waals surface area contributed by atoms with Crippen molar-refractivity contribution < 1.29 is 9.13 Å². The third-order valence-electron chi connectivity index (χ3n) is 3.82. The van der Waals surface area contributed by atoms with Gasteiger partial charge in [0.25, 0.3) is 0 Å². The Hall–Kier alpha value is -0.570. The minimum absolute atomic E-state index is 0.189. The third-order valence-corrected chi connectivity index (χ3v) is 5.01. The molecule has 0 amide bonds. The highest BCUT2D eigenvalue weighted by Crippen LogP contribution is 2.38. The number of halogens is 2. The fraction of sp³-hybridized carbons (Fsp3) is 0.600. The van der Waals surface area contributed by atoms with Crippen LogP contribution >= 0.6 is 15.9 Å². The van der Waals surface area contributed by atoms with Crippen molar-refractivity contribution in [3.63, 3.8) is 0 Å². The number of hydrogen-bond donors (Lipinski definition) is 0. The van der Waals surface area contributed by atoms with Crippen LogP contribution in [0.2, 0.25) is 0 Å². The summed E-state index contributed by atoms with van der Waals surface area (Å²) in [4.78, 5) is 0. The molecule has 1 aliphatic carbocycles. The molecule has 0 aromatic heterocycles. The highest BCUT2D eigenvalue weighted by molar-refractivity contribution is 9.09. The van der Waals surface area contributed by atoms with Crippen LogP contribution in [-0.4, -0.2) is 11.9 Å². The van der Waals surface area contributed by atoms with E-state index < -0.39 is 0 Å². The largest absolute Gasteiger partial charge is 0.490 e. The molecule has 18 heavy (non-hydrogen) atoms. The van der Waals surface area contributed by atoms with E-state index in [2.05, 4.69) is 15.9 Å². The quantitative estimate of drug-likeness (QED) is 0.721. The molecule has 0 atom stereocenters. The molecule has 0 heterocycles. The van der Waals surface area contributed by atoms with Crippen LogP contribution in [0.5, 0.6) is 5.75 Å². The first-order chi connectivity index (χ1) is 8.65. The van der Waals surface area contributed by atoms with Gasteiger partial charge in [-0.05, 0) is 37.5 Å². The molecule has 0 bridgehead atoms. The van der Waals surface area contributed by atoms with E-state index in [9.17, 15) is 4.39 Å². The number of hydrogen-bond acceptors (Lipinski definition) is 1. The van der Waals surface area contributed by atoms with Gasteiger partial charge in [-0.2, -0.15) is 0 Å². The van der Waals surface area contributed by atoms with Crippen molar-refractivity contribution >= 4 is 15.9 Å². The van der Waals surface area contributed by atoms with E-state index in [1.807, 2.05) is 6.92 Å². The molecule has 2 rings (SSSR count). The molecule has 0 spiro atoms. The number of alkyl halides is 1. The predicted molar refractivity (Wildman–Crippen MR) is 75.9 cm³/mol. The van der Waals surface area contributed by atoms with E-state index in [0.29, 0.717) is 12.4 Å². The van der Waals surface area contributed by atoms with Gasteiger partial charge >= 0.3 is 0 Å². The summed E-state index contributed by atoms with van der Waals surface area (Å²) in [6.45, 7) is 2.56. The molecule has 1 nitrogen and oxygen atoms in total. The Morgan fingerprint density at radius 1 is 1.28 bits per heavy atom. The molecule has 1 aromatic rings. The van der Waals surface area contributed by atoms with E-state index in [4.69, 9.17) is 4.74 Å². The molecule has 1 aliphatic rings. The molecule has 1 saturated carbocycles. The Bertz CT molecular complexity index is 399. The summed E-state index contributed by atoms with van der Waals surface area (Å²) in [6, 6.07) is 5.02. The van der Waals surface area contributed by atoms with Gasteiger partial charge in [0, 0.05) is 10.7 Å². The molecule has 100 valence electrons. The zero-order valence-electron chi connectivity index (χ0n) is 10.8. The predicted octanol–water partition coefficient (Wildman–Crippen LogP) is 4.86. The van der Waals surface area contributed by atoms with E-state index in [0.717, 1.165) is 10.9 Å². The third kappa shape index (κ3) is 3.25. The molecule has 0 saturated heterocycles. The summed E-state index contributed by atoms with van der Waals surface area (Å²) < 4.78 is 19.4. The van der Waals surface area contributed by atoms with Crippen molar-refractivity contribution in [2.45, 2.75) is 39.0 Å². The summed E-state index contributed by atoms with van der Waals surface area (Å²) in [5.74, 6) is 0.127. The second-order valence-electron chi connectivity index (χ2n) is 5.42. The number of aryl methyl sites for hydroxylation is 1. The van der Waals surface area contributed by atoms with Crippen LogP contribution in [0, 0.1) is 18.2 Å². The maximum Gasteiger partial charge on any atom is 0.165 e. The SMILES string of the molecule is Cc1ccc(F)c(OCC2(CBr)CCCCC2)c1. The lowest BCUT2D eigenvalue weighted by Crippen LogP contribution is -2.32. The average Bonchev–Trinajstić information content (AvgIpc) is 2.41. The molecule has 0 aliphatic heterocycles. The Labute approximate surface area is 117 Å². The highest BCUT2D eigenvalue weighted by atomic mass is 79.9. The minimum atomic E-state index is -0.263. The number of benzene rings is 1. The first kappa shape index (κ1) is 13.9. The Morgan fingerprint density at radius 3 is 2.67 bits per heavy atom. The Morgan fingerprint density at radius 2 is 2.00 bits per heavy atom. The van der Waals surface area contributed by atoms with Crippen LogP contribution < -0.4 is 4.74 Å². The topological polar surface area (TPSA) is 9.23 Å². The van der Waals surface area contributed by atoms with Crippen molar-refractivity contribution in [2.24, 2.45) is 5.41 Å². The fourth-order valence-corrected chi connectivity index (χ4v) is 3.29. The lowest BCUT2D eigenvalue weighted by atomic mass is 9.76. The number of rotatable bonds is 4. The monoisotopic (exact) mass is 314 g/mol. The molecule has 3 heteroatoms. The summed E-state index contributed by atoms with van der Waals surface area (Å²) in [6.07, 6.45) is 6.17. The molecular formula is C15H20BrFO. The number of ether oxygens (including phenoxy) is 1. The average molecular weight is 315 g/mol. The van der Waals surface area contributed by atoms with Crippen molar-refractivity contribution in [3.8, 4) is 5.75 Å². The Kier molecular flexibility index (Phi) is 4.66. The van der Waals surface area contributed by atoms with Gasteiger partial charge in [-0.15, -0.1) is 0 Å². The van der Waals surface area contributed by atoms with E-state index in [-0.39, 0.29) is 11.2 Å². The van der Waals surface area contributed by atoms with E-state index in [1.165, 1.54) is 38.2 Å². The van der Waals surface area contributed by atoms with Crippen LogP contribution in [0.3, 0.4) is 0 Å². The summed E-state index contributed by atoms with van der Waals surface area (Å²) >= 11 is 3.60. The molecule has 0 radical (unpaired) electrons. The zero-order valence-corrected chi connectivity index (χ0v) is 12.4. The lowest BCUT2D eigenvalue weighted by molar-refractivity contribution is 0.118. The van der Waals surface area contributed by atoms with Gasteiger partial charge in [-0.3, -0.25) is 0 Å². The van der Waals surface area contributed by atoms with Gasteiger partial charge in [0.2, 0.25) is 0 Å². The van der Waals surface area contributed by atoms with Gasteiger partial charge in [0.1, 0.15) is 0 Å². The minimum Gasteiger partial charge on any atom is -0.490 e. The second kappa shape index (κ2) is 6.05. The molecular weight excluding hydrogens is 295 g/mol. The normalized spacial score (nSPS) is 18.6. The van der Waals surface area contributed by atoms with Crippen LogP contribution in [0.4, 0.5) is 4.39 Å². The first-order valence-corrected chi connectivity index (χ1v) is 7.72. The van der Waals surface area contributed by atoms with E-state index in [1.54, 1.807) is 12.1 Å². The summed E-state index contributed by atoms with van der Waals surface area (Å²) in [5, 5.41) is 0.938. The van der Waals surface area contributed by atoms with Crippen LogP contribution in [0.15, 0.2) is 18.2 Å². The van der Waals surface area contributed by atoms with Gasteiger partial charge in [0.05, 0.1) is 6.61 Å². The summed E-state index contributed by atoms with van der Waals surface area (Å²) in [5.41, 5.74) is 1.22. The Balaban J connectivity index is 2.03. The zero-order chi connectivity index (χ0) is 13.0. The van der Waals surface area contributed by atoms with Gasteiger partial charge in [-0.25, -0.2) is 4.39 Å². The van der Waals surface area contributed by atoms with Crippen LogP contribution in [0.25, 0.3) is 0 Å². The molecule has 1 aromatic carbocycles. The van der Waals surface area contributed by atoms with Crippen LogP contribution in [-0.2, 0) is 0 Å². The highest BCUT2D eigenvalue weighted by Gasteiger charge is 2.32. The van der Waals surface area contributed by atoms with Crippen LogP contribution in [0.1, 0.15) is 37.7 Å². The summed E-state index contributed by atoms with van der Waals surface area (Å²) in [7, 11) is 0. The first-order valence-electron chi connectivity index (χ1n) is 6.60. The van der Waals surface area contributed by atoms with Gasteiger partial charge in [-0.1, -0.05) is 41.3 Å². The maximum atomic E-state index is 13.6. The molecule has 0 N–H and O–H groups in total. The standard InChI is InChI=1S/C15H20BrFO/c1-12-5-6-13(17)14(9-12)18-11-15(10-16)7-3-2-4-8-15/h5-6,9H,2-4,7-8,10-11H2,1H3. The lowest BCUT2D eigenvalue weighted by Gasteiger charge is -2.35. The van der Waals surface area contributed by atoms with Crippen molar-refractivity contribution in [1.82, 2.24) is 0 Å². The second-order valence-corrected chi connectivity index (χ2v) is 5.98. The van der Waals surface area contributed by atoms with Gasteiger partial charge < -0.3 is 4.74 Å². The van der Waals surface area contributed by atoms with E-state index >= 15 is 0 Å². The van der Waals surface area contributed by atoms with Crippen molar-refractivity contribution in [2.75, 3.05) is 11.9 Å². The molecule has 0 unspecified atom stereocenters. The molecule has 1 fully saturated rings. The van der Waals surface area contributed by atoms with Gasteiger partial charge in [0.15, 0.2) is 11.6 Å².